The van der Waals surface area contributed by atoms with E-state index in [1.54, 1.807) is 7.11 Å². The Morgan fingerprint density at radius 1 is 1.38 bits per heavy atom. The van der Waals surface area contributed by atoms with Crippen LogP contribution in [-0.4, -0.2) is 7.11 Å². The summed E-state index contributed by atoms with van der Waals surface area (Å²) in [5, 5.41) is 0. The lowest BCUT2D eigenvalue weighted by molar-refractivity contribution is 0.377. The van der Waals surface area contributed by atoms with Crippen LogP contribution in [0.25, 0.3) is 0 Å². The average molecular weight is 241 g/mol. The summed E-state index contributed by atoms with van der Waals surface area (Å²) in [6.07, 6.45) is 3.79. The molecule has 0 aliphatic heterocycles. The molecule has 0 N–H and O–H groups in total. The highest BCUT2D eigenvalue weighted by atomic mass is 79.9. The van der Waals surface area contributed by atoms with E-state index in [9.17, 15) is 0 Å². The van der Waals surface area contributed by atoms with Crippen LogP contribution < -0.4 is 4.74 Å². The first-order valence-electron chi connectivity index (χ1n) is 4.58. The van der Waals surface area contributed by atoms with Crippen LogP contribution in [0.3, 0.4) is 0 Å². The van der Waals surface area contributed by atoms with E-state index < -0.39 is 0 Å². The lowest BCUT2D eigenvalue weighted by Crippen LogP contribution is -2.26. The summed E-state index contributed by atoms with van der Waals surface area (Å²) < 4.78 is 5.44. The molecule has 1 aliphatic rings. The fourth-order valence-electron chi connectivity index (χ4n) is 1.68. The van der Waals surface area contributed by atoms with Crippen LogP contribution in [0.2, 0.25) is 0 Å². The fraction of sp³-hybridized carbons (Fsp3) is 0.455. The van der Waals surface area contributed by atoms with Crippen LogP contribution in [0, 0.1) is 0 Å². The third kappa shape index (κ3) is 1.60. The number of hydrogen-bond acceptors (Lipinski definition) is 1. The molecule has 2 heteroatoms. The summed E-state index contributed by atoms with van der Waals surface area (Å²) in [6.45, 7) is 0. The topological polar surface area (TPSA) is 9.23 Å². The lowest BCUT2D eigenvalue weighted by atomic mass is 9.80. The maximum Gasteiger partial charge on any atom is 0.119 e. The number of hydrogen-bond donors (Lipinski definition) is 0. The van der Waals surface area contributed by atoms with Crippen molar-refractivity contribution >= 4 is 15.9 Å². The Hall–Kier alpha value is -0.500. The summed E-state index contributed by atoms with van der Waals surface area (Å²) in [5.74, 6) is 0.947. The van der Waals surface area contributed by atoms with Gasteiger partial charge in [-0.2, -0.15) is 0 Å². The van der Waals surface area contributed by atoms with E-state index in [-0.39, 0.29) is 4.32 Å². The molecule has 1 saturated carbocycles. The molecule has 0 bridgehead atoms. The minimum Gasteiger partial charge on any atom is -0.497 e. The molecule has 2 rings (SSSR count). The second kappa shape index (κ2) is 3.33. The smallest absolute Gasteiger partial charge is 0.119 e. The third-order valence-corrected chi connectivity index (χ3v) is 3.98. The first-order chi connectivity index (χ1) is 6.24. The van der Waals surface area contributed by atoms with E-state index in [0.29, 0.717) is 0 Å². The molecule has 0 amide bonds. The highest BCUT2D eigenvalue weighted by Gasteiger charge is 2.35. The second-order valence-electron chi connectivity index (χ2n) is 3.55. The zero-order valence-corrected chi connectivity index (χ0v) is 9.30. The average Bonchev–Trinajstić information content (AvgIpc) is 2.14. The Balaban J connectivity index is 2.29. The van der Waals surface area contributed by atoms with E-state index in [0.717, 1.165) is 5.75 Å². The van der Waals surface area contributed by atoms with E-state index in [1.165, 1.54) is 24.8 Å². The van der Waals surface area contributed by atoms with Gasteiger partial charge in [0.1, 0.15) is 5.75 Å². The molecule has 0 unspecified atom stereocenters. The van der Waals surface area contributed by atoms with Crippen LogP contribution in [0.15, 0.2) is 24.3 Å². The predicted octanol–water partition coefficient (Wildman–Crippen LogP) is 3.47. The quantitative estimate of drug-likeness (QED) is 0.720. The normalized spacial score (nSPS) is 19.2. The largest absolute Gasteiger partial charge is 0.497 e. The number of ether oxygens (including phenoxy) is 1. The van der Waals surface area contributed by atoms with E-state index >= 15 is 0 Å². The molecule has 1 aromatic rings. The van der Waals surface area contributed by atoms with Gasteiger partial charge in [0.2, 0.25) is 0 Å². The van der Waals surface area contributed by atoms with E-state index in [4.69, 9.17) is 4.74 Å². The van der Waals surface area contributed by atoms with Crippen molar-refractivity contribution in [2.75, 3.05) is 7.11 Å². The van der Waals surface area contributed by atoms with Crippen molar-refractivity contribution in [1.82, 2.24) is 0 Å². The molecular weight excluding hydrogens is 228 g/mol. The summed E-state index contributed by atoms with van der Waals surface area (Å²) in [4.78, 5) is 0. The molecule has 0 aromatic heterocycles. The van der Waals surface area contributed by atoms with Gasteiger partial charge in [0.25, 0.3) is 0 Å². The highest BCUT2D eigenvalue weighted by molar-refractivity contribution is 9.09. The van der Waals surface area contributed by atoms with Crippen molar-refractivity contribution in [3.8, 4) is 5.75 Å². The van der Waals surface area contributed by atoms with Crippen molar-refractivity contribution in [3.63, 3.8) is 0 Å². The second-order valence-corrected chi connectivity index (χ2v) is 5.07. The lowest BCUT2D eigenvalue weighted by Gasteiger charge is -2.36. The maximum absolute atomic E-state index is 5.20. The fourth-order valence-corrected chi connectivity index (χ4v) is 2.48. The van der Waals surface area contributed by atoms with Gasteiger partial charge in [0, 0.05) is 0 Å². The molecule has 13 heavy (non-hydrogen) atoms. The molecule has 1 fully saturated rings. The highest BCUT2D eigenvalue weighted by Crippen LogP contribution is 2.49. The van der Waals surface area contributed by atoms with Crippen molar-refractivity contribution in [1.29, 1.82) is 0 Å². The van der Waals surface area contributed by atoms with Crippen LogP contribution in [-0.2, 0) is 4.32 Å². The Morgan fingerprint density at radius 2 is 2.15 bits per heavy atom. The van der Waals surface area contributed by atoms with Gasteiger partial charge < -0.3 is 4.74 Å². The monoisotopic (exact) mass is 240 g/mol. The predicted molar refractivity (Wildman–Crippen MR) is 57.5 cm³/mol. The maximum atomic E-state index is 5.20. The van der Waals surface area contributed by atoms with Crippen LogP contribution in [0.1, 0.15) is 24.8 Å². The number of benzene rings is 1. The SMILES string of the molecule is COc1cccc(C2(Br)CCC2)c1. The molecule has 1 aromatic carbocycles. The van der Waals surface area contributed by atoms with E-state index in [2.05, 4.69) is 34.1 Å². The van der Waals surface area contributed by atoms with Crippen molar-refractivity contribution < 1.29 is 4.74 Å². The minimum absolute atomic E-state index is 0.238. The first-order valence-corrected chi connectivity index (χ1v) is 5.37. The van der Waals surface area contributed by atoms with Crippen molar-refractivity contribution in [3.05, 3.63) is 29.8 Å². The molecule has 1 aliphatic carbocycles. The number of rotatable bonds is 2. The molecule has 1 nitrogen and oxygen atoms in total. The minimum atomic E-state index is 0.238. The van der Waals surface area contributed by atoms with Gasteiger partial charge >= 0.3 is 0 Å². The molecule has 0 heterocycles. The molecule has 70 valence electrons. The van der Waals surface area contributed by atoms with E-state index in [1.807, 2.05) is 6.07 Å². The number of alkyl halides is 1. The third-order valence-electron chi connectivity index (χ3n) is 2.73. The molecular formula is C11H13BrO. The summed E-state index contributed by atoms with van der Waals surface area (Å²) in [5.41, 5.74) is 1.35. The van der Waals surface area contributed by atoms with Crippen LogP contribution >= 0.6 is 15.9 Å². The Morgan fingerprint density at radius 3 is 2.69 bits per heavy atom. The Kier molecular flexibility index (Phi) is 2.33. The van der Waals surface area contributed by atoms with Gasteiger partial charge in [-0.1, -0.05) is 28.1 Å². The molecule has 0 saturated heterocycles. The summed E-state index contributed by atoms with van der Waals surface area (Å²) >= 11 is 3.78. The Bertz CT molecular complexity index is 305. The molecule has 0 spiro atoms. The van der Waals surface area contributed by atoms with Crippen LogP contribution in [0.4, 0.5) is 0 Å². The van der Waals surface area contributed by atoms with Crippen molar-refractivity contribution in [2.24, 2.45) is 0 Å². The zero-order valence-electron chi connectivity index (χ0n) is 7.72. The number of methoxy groups -OCH3 is 1. The number of halogens is 1. The molecule has 0 radical (unpaired) electrons. The van der Waals surface area contributed by atoms with Gasteiger partial charge in [-0.25, -0.2) is 0 Å². The van der Waals surface area contributed by atoms with Crippen molar-refractivity contribution in [2.45, 2.75) is 23.6 Å². The molecule has 0 atom stereocenters. The summed E-state index contributed by atoms with van der Waals surface area (Å²) in [7, 11) is 1.71. The van der Waals surface area contributed by atoms with Gasteiger partial charge in [-0.3, -0.25) is 0 Å². The van der Waals surface area contributed by atoms with Gasteiger partial charge in [-0.05, 0) is 37.0 Å². The standard InChI is InChI=1S/C11H13BrO/c1-13-10-5-2-4-9(8-10)11(12)6-3-7-11/h2,4-5,8H,3,6-7H2,1H3. The van der Waals surface area contributed by atoms with Crippen LogP contribution in [0.5, 0.6) is 5.75 Å². The first kappa shape index (κ1) is 9.07. The Labute approximate surface area is 87.2 Å². The van der Waals surface area contributed by atoms with Gasteiger partial charge in [0.15, 0.2) is 0 Å². The summed E-state index contributed by atoms with van der Waals surface area (Å²) in [6, 6.07) is 8.32. The van der Waals surface area contributed by atoms with Gasteiger partial charge in [-0.15, -0.1) is 0 Å². The zero-order chi connectivity index (χ0) is 9.31. The van der Waals surface area contributed by atoms with Gasteiger partial charge in [0.05, 0.1) is 11.4 Å².